The molecule has 1 nitrogen and oxygen atoms in total. The van der Waals surface area contributed by atoms with Crippen molar-refractivity contribution in [2.45, 2.75) is 13.5 Å². The van der Waals surface area contributed by atoms with Gasteiger partial charge in [-0.05, 0) is 37.1 Å². The van der Waals surface area contributed by atoms with Gasteiger partial charge in [0.25, 0.3) is 0 Å². The summed E-state index contributed by atoms with van der Waals surface area (Å²) in [5, 5.41) is 3.85. The second-order valence-electron chi connectivity index (χ2n) is 3.44. The third-order valence-electron chi connectivity index (χ3n) is 2.42. The summed E-state index contributed by atoms with van der Waals surface area (Å²) >= 11 is 1.50. The monoisotopic (exact) mass is 227 g/mol. The molecular weight excluding hydrogens is 216 g/mol. The molecule has 2 rings (SSSR count). The number of fused-ring (bicyclic) bond motifs is 1. The molecule has 0 aliphatic carbocycles. The van der Waals surface area contributed by atoms with Gasteiger partial charge in [0.1, 0.15) is 0 Å². The zero-order valence-electron chi connectivity index (χ0n) is 8.53. The van der Waals surface area contributed by atoms with Crippen LogP contribution in [0.1, 0.15) is 10.4 Å². The molecule has 0 radical (unpaired) electrons. The Balaban J connectivity index is 2.66. The standard InChI is InChI=1S/C11H11F2NS/c1-6-7-3-8(12)9(13)4-10(7)15-11(6)5-14-2/h3-4,14H,5H2,1-2H3. The highest BCUT2D eigenvalue weighted by molar-refractivity contribution is 7.19. The Kier molecular flexibility index (Phi) is 2.71. The number of rotatable bonds is 2. The summed E-state index contributed by atoms with van der Waals surface area (Å²) < 4.78 is 26.8. The van der Waals surface area contributed by atoms with Crippen molar-refractivity contribution < 1.29 is 8.78 Å². The first-order valence-electron chi connectivity index (χ1n) is 4.65. The van der Waals surface area contributed by atoms with Gasteiger partial charge < -0.3 is 5.32 Å². The first-order valence-corrected chi connectivity index (χ1v) is 5.46. The highest BCUT2D eigenvalue weighted by Crippen LogP contribution is 2.32. The Labute approximate surface area is 90.7 Å². The summed E-state index contributed by atoms with van der Waals surface area (Å²) in [6, 6.07) is 2.54. The van der Waals surface area contributed by atoms with E-state index in [1.807, 2.05) is 14.0 Å². The topological polar surface area (TPSA) is 12.0 Å². The smallest absolute Gasteiger partial charge is 0.160 e. The van der Waals surface area contributed by atoms with Crippen LogP contribution in [0.25, 0.3) is 10.1 Å². The van der Waals surface area contributed by atoms with Crippen molar-refractivity contribution in [3.63, 3.8) is 0 Å². The zero-order valence-corrected chi connectivity index (χ0v) is 9.34. The SMILES string of the molecule is CNCc1sc2cc(F)c(F)cc2c1C. The summed E-state index contributed by atoms with van der Waals surface area (Å²) in [6.07, 6.45) is 0. The average molecular weight is 227 g/mol. The lowest BCUT2D eigenvalue weighted by atomic mass is 10.1. The second kappa shape index (κ2) is 3.87. The van der Waals surface area contributed by atoms with Gasteiger partial charge in [-0.3, -0.25) is 0 Å². The number of aryl methyl sites for hydroxylation is 1. The Bertz CT molecular complexity index is 505. The fraction of sp³-hybridized carbons (Fsp3) is 0.273. The highest BCUT2D eigenvalue weighted by Gasteiger charge is 2.11. The molecule has 0 aliphatic heterocycles. The van der Waals surface area contributed by atoms with Crippen molar-refractivity contribution in [3.8, 4) is 0 Å². The molecule has 1 N–H and O–H groups in total. The van der Waals surface area contributed by atoms with Gasteiger partial charge >= 0.3 is 0 Å². The minimum atomic E-state index is -0.778. The third kappa shape index (κ3) is 1.75. The van der Waals surface area contributed by atoms with E-state index in [9.17, 15) is 8.78 Å². The van der Waals surface area contributed by atoms with E-state index in [1.54, 1.807) is 0 Å². The van der Waals surface area contributed by atoms with Crippen molar-refractivity contribution >= 4 is 21.4 Å². The van der Waals surface area contributed by atoms with Crippen molar-refractivity contribution in [3.05, 3.63) is 34.2 Å². The molecule has 0 saturated carbocycles. The van der Waals surface area contributed by atoms with E-state index < -0.39 is 11.6 Å². The first kappa shape index (κ1) is 10.5. The Hall–Kier alpha value is -1.00. The molecule has 1 aromatic carbocycles. The molecule has 0 amide bonds. The predicted octanol–water partition coefficient (Wildman–Crippen LogP) is 3.21. The minimum Gasteiger partial charge on any atom is -0.315 e. The van der Waals surface area contributed by atoms with Gasteiger partial charge in [-0.15, -0.1) is 11.3 Å². The maximum atomic E-state index is 13.0. The summed E-state index contributed by atoms with van der Waals surface area (Å²) in [4.78, 5) is 1.12. The summed E-state index contributed by atoms with van der Waals surface area (Å²) in [5.41, 5.74) is 1.03. The molecule has 0 atom stereocenters. The van der Waals surface area contributed by atoms with Crippen LogP contribution in [0.4, 0.5) is 8.78 Å². The van der Waals surface area contributed by atoms with E-state index in [4.69, 9.17) is 0 Å². The molecule has 0 saturated heterocycles. The van der Waals surface area contributed by atoms with E-state index >= 15 is 0 Å². The van der Waals surface area contributed by atoms with E-state index in [2.05, 4.69) is 5.32 Å². The lowest BCUT2D eigenvalue weighted by molar-refractivity contribution is 0.511. The first-order chi connectivity index (χ1) is 7.13. The van der Waals surface area contributed by atoms with Crippen molar-refractivity contribution in [2.75, 3.05) is 7.05 Å². The minimum absolute atomic E-state index is 0.731. The Morgan fingerprint density at radius 3 is 2.60 bits per heavy atom. The van der Waals surface area contributed by atoms with Crippen molar-refractivity contribution in [2.24, 2.45) is 0 Å². The van der Waals surface area contributed by atoms with Crippen LogP contribution >= 0.6 is 11.3 Å². The van der Waals surface area contributed by atoms with E-state index in [0.29, 0.717) is 0 Å². The van der Waals surface area contributed by atoms with Gasteiger partial charge in [-0.2, -0.15) is 0 Å². The molecule has 15 heavy (non-hydrogen) atoms. The van der Waals surface area contributed by atoms with Crippen molar-refractivity contribution in [1.29, 1.82) is 0 Å². The molecule has 2 aromatic rings. The van der Waals surface area contributed by atoms with Gasteiger partial charge in [-0.25, -0.2) is 8.78 Å². The summed E-state index contributed by atoms with van der Waals surface area (Å²) in [7, 11) is 1.85. The number of nitrogens with one attached hydrogen (secondary N) is 1. The third-order valence-corrected chi connectivity index (χ3v) is 3.67. The Morgan fingerprint density at radius 1 is 1.27 bits per heavy atom. The molecule has 1 aromatic heterocycles. The maximum Gasteiger partial charge on any atom is 0.160 e. The van der Waals surface area contributed by atoms with Crippen LogP contribution in [-0.4, -0.2) is 7.05 Å². The average Bonchev–Trinajstić information content (AvgIpc) is 2.47. The fourth-order valence-electron chi connectivity index (χ4n) is 1.59. The number of benzene rings is 1. The van der Waals surface area contributed by atoms with E-state index in [1.165, 1.54) is 23.5 Å². The normalized spacial score (nSPS) is 11.2. The molecule has 0 bridgehead atoms. The highest BCUT2D eigenvalue weighted by atomic mass is 32.1. The van der Waals surface area contributed by atoms with Gasteiger partial charge in [0.15, 0.2) is 11.6 Å². The molecule has 0 spiro atoms. The number of hydrogen-bond donors (Lipinski definition) is 1. The van der Waals surface area contributed by atoms with E-state index in [-0.39, 0.29) is 0 Å². The molecule has 4 heteroatoms. The fourth-order valence-corrected chi connectivity index (χ4v) is 2.82. The van der Waals surface area contributed by atoms with Crippen LogP contribution in [0.2, 0.25) is 0 Å². The number of thiophene rings is 1. The van der Waals surface area contributed by atoms with Crippen LogP contribution in [0.15, 0.2) is 12.1 Å². The maximum absolute atomic E-state index is 13.0. The van der Waals surface area contributed by atoms with Crippen molar-refractivity contribution in [1.82, 2.24) is 5.32 Å². The van der Waals surface area contributed by atoms with Crippen LogP contribution in [0, 0.1) is 18.6 Å². The summed E-state index contributed by atoms with van der Waals surface area (Å²) in [6.45, 7) is 2.66. The second-order valence-corrected chi connectivity index (χ2v) is 4.58. The Morgan fingerprint density at radius 2 is 1.93 bits per heavy atom. The van der Waals surface area contributed by atoms with Crippen LogP contribution in [-0.2, 0) is 6.54 Å². The molecule has 1 heterocycles. The van der Waals surface area contributed by atoms with Crippen LogP contribution < -0.4 is 5.32 Å². The van der Waals surface area contributed by atoms with Crippen LogP contribution in [0.5, 0.6) is 0 Å². The van der Waals surface area contributed by atoms with Gasteiger partial charge in [-0.1, -0.05) is 0 Å². The van der Waals surface area contributed by atoms with E-state index in [0.717, 1.165) is 27.1 Å². The van der Waals surface area contributed by atoms with Gasteiger partial charge in [0, 0.05) is 16.1 Å². The number of halogens is 2. The lowest BCUT2D eigenvalue weighted by Gasteiger charge is -1.96. The zero-order chi connectivity index (χ0) is 11.0. The van der Waals surface area contributed by atoms with Gasteiger partial charge in [0.05, 0.1) is 0 Å². The predicted molar refractivity (Wildman–Crippen MR) is 59.2 cm³/mol. The molecule has 0 aliphatic rings. The summed E-state index contributed by atoms with van der Waals surface area (Å²) in [5.74, 6) is -1.56. The molecular formula is C11H11F2NS. The quantitative estimate of drug-likeness (QED) is 0.830. The molecule has 0 fully saturated rings. The van der Waals surface area contributed by atoms with Crippen LogP contribution in [0.3, 0.4) is 0 Å². The lowest BCUT2D eigenvalue weighted by Crippen LogP contribution is -2.03. The van der Waals surface area contributed by atoms with Gasteiger partial charge in [0.2, 0.25) is 0 Å². The molecule has 80 valence electrons. The largest absolute Gasteiger partial charge is 0.315 e. The molecule has 0 unspecified atom stereocenters. The number of hydrogen-bond acceptors (Lipinski definition) is 2.